The number of hydrogen-bond donors (Lipinski definition) is 2. The SMILES string of the molecule is COc1ccc(C(O)CS)cc1. The summed E-state index contributed by atoms with van der Waals surface area (Å²) >= 11 is 3.99. The van der Waals surface area contributed by atoms with Crippen molar-refractivity contribution >= 4 is 12.6 Å². The predicted molar refractivity (Wildman–Crippen MR) is 51.8 cm³/mol. The van der Waals surface area contributed by atoms with E-state index >= 15 is 0 Å². The largest absolute Gasteiger partial charge is 0.497 e. The van der Waals surface area contributed by atoms with E-state index in [1.165, 1.54) is 0 Å². The third-order valence-corrected chi connectivity index (χ3v) is 2.02. The van der Waals surface area contributed by atoms with Crippen LogP contribution in [0.1, 0.15) is 11.7 Å². The molecule has 1 aromatic carbocycles. The van der Waals surface area contributed by atoms with E-state index in [0.717, 1.165) is 11.3 Å². The Morgan fingerprint density at radius 1 is 1.42 bits per heavy atom. The minimum atomic E-state index is -0.487. The zero-order valence-electron chi connectivity index (χ0n) is 6.90. The third kappa shape index (κ3) is 2.16. The zero-order valence-corrected chi connectivity index (χ0v) is 7.79. The van der Waals surface area contributed by atoms with Gasteiger partial charge in [0.05, 0.1) is 13.2 Å². The fourth-order valence-electron chi connectivity index (χ4n) is 0.931. The van der Waals surface area contributed by atoms with Crippen molar-refractivity contribution in [1.29, 1.82) is 0 Å². The Labute approximate surface area is 77.6 Å². The minimum Gasteiger partial charge on any atom is -0.497 e. The van der Waals surface area contributed by atoms with Crippen LogP contribution in [-0.2, 0) is 0 Å². The average molecular weight is 184 g/mol. The van der Waals surface area contributed by atoms with Gasteiger partial charge in [-0.2, -0.15) is 12.6 Å². The van der Waals surface area contributed by atoms with E-state index in [4.69, 9.17) is 4.74 Å². The van der Waals surface area contributed by atoms with Crippen LogP contribution in [0.2, 0.25) is 0 Å². The van der Waals surface area contributed by atoms with Crippen molar-refractivity contribution in [2.75, 3.05) is 12.9 Å². The molecule has 1 unspecified atom stereocenters. The lowest BCUT2D eigenvalue weighted by Gasteiger charge is -2.07. The molecule has 0 aliphatic carbocycles. The smallest absolute Gasteiger partial charge is 0.118 e. The molecule has 2 nitrogen and oxygen atoms in total. The Kier molecular flexibility index (Phi) is 3.44. The van der Waals surface area contributed by atoms with Crippen LogP contribution in [0.5, 0.6) is 5.75 Å². The molecular formula is C9H12O2S. The molecule has 66 valence electrons. The highest BCUT2D eigenvalue weighted by atomic mass is 32.1. The van der Waals surface area contributed by atoms with Crippen molar-refractivity contribution < 1.29 is 9.84 Å². The van der Waals surface area contributed by atoms with Gasteiger partial charge in [-0.3, -0.25) is 0 Å². The second kappa shape index (κ2) is 4.38. The Balaban J connectivity index is 2.77. The van der Waals surface area contributed by atoms with Gasteiger partial charge in [0.2, 0.25) is 0 Å². The van der Waals surface area contributed by atoms with Crippen molar-refractivity contribution in [3.63, 3.8) is 0 Å². The van der Waals surface area contributed by atoms with Gasteiger partial charge in [0, 0.05) is 5.75 Å². The number of hydrogen-bond acceptors (Lipinski definition) is 3. The summed E-state index contributed by atoms with van der Waals surface area (Å²) in [7, 11) is 1.62. The summed E-state index contributed by atoms with van der Waals surface area (Å²) in [4.78, 5) is 0. The van der Waals surface area contributed by atoms with E-state index in [-0.39, 0.29) is 0 Å². The molecule has 0 aliphatic heterocycles. The van der Waals surface area contributed by atoms with Gasteiger partial charge in [0.25, 0.3) is 0 Å². The summed E-state index contributed by atoms with van der Waals surface area (Å²) in [5.41, 5.74) is 0.866. The van der Waals surface area contributed by atoms with Crippen molar-refractivity contribution in [1.82, 2.24) is 0 Å². The van der Waals surface area contributed by atoms with Gasteiger partial charge in [-0.15, -0.1) is 0 Å². The molecule has 1 aromatic rings. The lowest BCUT2D eigenvalue weighted by molar-refractivity contribution is 0.204. The van der Waals surface area contributed by atoms with E-state index in [2.05, 4.69) is 12.6 Å². The number of thiol groups is 1. The van der Waals surface area contributed by atoms with Gasteiger partial charge in [-0.1, -0.05) is 12.1 Å². The van der Waals surface area contributed by atoms with E-state index in [1.807, 2.05) is 24.3 Å². The van der Waals surface area contributed by atoms with Gasteiger partial charge < -0.3 is 9.84 Å². The first kappa shape index (κ1) is 9.42. The summed E-state index contributed by atoms with van der Waals surface area (Å²) in [6, 6.07) is 7.31. The maximum absolute atomic E-state index is 9.38. The number of methoxy groups -OCH3 is 1. The maximum atomic E-state index is 9.38. The molecule has 0 aromatic heterocycles. The summed E-state index contributed by atoms with van der Waals surface area (Å²) in [5, 5.41) is 9.38. The number of rotatable bonds is 3. The van der Waals surface area contributed by atoms with Crippen LogP contribution in [-0.4, -0.2) is 18.0 Å². The predicted octanol–water partition coefficient (Wildman–Crippen LogP) is 1.66. The lowest BCUT2D eigenvalue weighted by Crippen LogP contribution is -1.97. The molecule has 3 heteroatoms. The minimum absolute atomic E-state index is 0.437. The van der Waals surface area contributed by atoms with Crippen LogP contribution in [0.4, 0.5) is 0 Å². The van der Waals surface area contributed by atoms with Crippen LogP contribution in [0.3, 0.4) is 0 Å². The van der Waals surface area contributed by atoms with Crippen molar-refractivity contribution in [3.05, 3.63) is 29.8 Å². The normalized spacial score (nSPS) is 12.6. The fraction of sp³-hybridized carbons (Fsp3) is 0.333. The van der Waals surface area contributed by atoms with Crippen LogP contribution in [0.25, 0.3) is 0 Å². The molecule has 0 spiro atoms. The molecule has 1 N–H and O–H groups in total. The molecule has 0 radical (unpaired) electrons. The van der Waals surface area contributed by atoms with Gasteiger partial charge in [0.1, 0.15) is 5.75 Å². The molecule has 0 saturated heterocycles. The van der Waals surface area contributed by atoms with Gasteiger partial charge in [-0.25, -0.2) is 0 Å². The van der Waals surface area contributed by atoms with Crippen LogP contribution < -0.4 is 4.74 Å². The van der Waals surface area contributed by atoms with E-state index in [1.54, 1.807) is 7.11 Å². The van der Waals surface area contributed by atoms with Crippen LogP contribution in [0, 0.1) is 0 Å². The van der Waals surface area contributed by atoms with Crippen molar-refractivity contribution in [2.45, 2.75) is 6.10 Å². The van der Waals surface area contributed by atoms with Crippen molar-refractivity contribution in [3.8, 4) is 5.75 Å². The van der Waals surface area contributed by atoms with Crippen molar-refractivity contribution in [2.24, 2.45) is 0 Å². The molecule has 0 saturated carbocycles. The number of benzene rings is 1. The first-order valence-electron chi connectivity index (χ1n) is 3.71. The zero-order chi connectivity index (χ0) is 8.97. The average Bonchev–Trinajstić information content (AvgIpc) is 2.17. The molecule has 1 atom stereocenters. The Hall–Kier alpha value is -0.670. The third-order valence-electron chi connectivity index (χ3n) is 1.67. The number of aliphatic hydroxyl groups excluding tert-OH is 1. The number of ether oxygens (including phenoxy) is 1. The molecule has 0 bridgehead atoms. The quantitative estimate of drug-likeness (QED) is 0.700. The van der Waals surface area contributed by atoms with E-state index in [9.17, 15) is 5.11 Å². The number of aliphatic hydroxyl groups is 1. The maximum Gasteiger partial charge on any atom is 0.118 e. The molecule has 0 aliphatic rings. The second-order valence-corrected chi connectivity index (χ2v) is 2.84. The van der Waals surface area contributed by atoms with Gasteiger partial charge >= 0.3 is 0 Å². The van der Waals surface area contributed by atoms with Crippen LogP contribution >= 0.6 is 12.6 Å². The second-order valence-electron chi connectivity index (χ2n) is 2.47. The highest BCUT2D eigenvalue weighted by molar-refractivity contribution is 7.80. The van der Waals surface area contributed by atoms with Crippen LogP contribution in [0.15, 0.2) is 24.3 Å². The lowest BCUT2D eigenvalue weighted by atomic mass is 10.1. The first-order chi connectivity index (χ1) is 5.77. The van der Waals surface area contributed by atoms with E-state index < -0.39 is 6.10 Å². The molecule has 1 rings (SSSR count). The summed E-state index contributed by atoms with van der Waals surface area (Å²) in [5.74, 6) is 1.23. The topological polar surface area (TPSA) is 29.5 Å². The molecule has 0 fully saturated rings. The monoisotopic (exact) mass is 184 g/mol. The highest BCUT2D eigenvalue weighted by Gasteiger charge is 2.03. The summed E-state index contributed by atoms with van der Waals surface area (Å²) in [6.45, 7) is 0. The van der Waals surface area contributed by atoms with Gasteiger partial charge in [0.15, 0.2) is 0 Å². The molecular weight excluding hydrogens is 172 g/mol. The van der Waals surface area contributed by atoms with E-state index in [0.29, 0.717) is 5.75 Å². The first-order valence-corrected chi connectivity index (χ1v) is 4.34. The fourth-order valence-corrected chi connectivity index (χ4v) is 1.14. The molecule has 0 amide bonds. The summed E-state index contributed by atoms with van der Waals surface area (Å²) < 4.78 is 4.98. The molecule has 12 heavy (non-hydrogen) atoms. The highest BCUT2D eigenvalue weighted by Crippen LogP contribution is 2.17. The summed E-state index contributed by atoms with van der Waals surface area (Å²) in [6.07, 6.45) is -0.487. The standard InChI is InChI=1S/C9H12O2S/c1-11-8-4-2-7(3-5-8)9(10)6-12/h2-5,9-10,12H,6H2,1H3. The Bertz CT molecular complexity index is 233. The Morgan fingerprint density at radius 3 is 2.42 bits per heavy atom. The van der Waals surface area contributed by atoms with Gasteiger partial charge in [-0.05, 0) is 17.7 Å². The Morgan fingerprint density at radius 2 is 2.00 bits per heavy atom. The molecule has 0 heterocycles.